The van der Waals surface area contributed by atoms with Crippen LogP contribution in [0, 0.1) is 0 Å². The van der Waals surface area contributed by atoms with Crippen LogP contribution in [0.3, 0.4) is 0 Å². The van der Waals surface area contributed by atoms with Gasteiger partial charge in [0, 0.05) is 0 Å². The van der Waals surface area contributed by atoms with Gasteiger partial charge in [0.05, 0.1) is 11.5 Å². The van der Waals surface area contributed by atoms with Crippen molar-refractivity contribution in [3.8, 4) is 0 Å². The zero-order valence-corrected chi connectivity index (χ0v) is 16.3. The average molecular weight is 378 g/mol. The Morgan fingerprint density at radius 1 is 1.35 bits per heavy atom. The van der Waals surface area contributed by atoms with Gasteiger partial charge in [-0.2, -0.15) is 0 Å². The number of ketones is 1. The fraction of sp³-hybridized carbons (Fsp3) is 0.600. The van der Waals surface area contributed by atoms with Gasteiger partial charge in [0.15, 0.2) is 14.1 Å². The number of hydrogen-bond donors (Lipinski definition) is 1. The second kappa shape index (κ2) is 6.00. The predicted molar refractivity (Wildman–Crippen MR) is 91.5 cm³/mol. The Kier molecular flexibility index (Phi) is 4.87. The highest BCUT2D eigenvalue weighted by Gasteiger charge is 2.48. The van der Waals surface area contributed by atoms with Crippen molar-refractivity contribution in [2.75, 3.05) is 0 Å². The van der Waals surface area contributed by atoms with E-state index in [0.717, 1.165) is 0 Å². The van der Waals surface area contributed by atoms with Gasteiger partial charge in [-0.25, -0.2) is 0 Å². The molecule has 128 valence electrons. The lowest BCUT2D eigenvalue weighted by Gasteiger charge is -2.44. The van der Waals surface area contributed by atoms with Crippen molar-refractivity contribution in [3.63, 3.8) is 0 Å². The van der Waals surface area contributed by atoms with Gasteiger partial charge >= 0.3 is 0 Å². The minimum absolute atomic E-state index is 0.0188. The van der Waals surface area contributed by atoms with E-state index in [1.54, 1.807) is 0 Å². The van der Waals surface area contributed by atoms with Crippen molar-refractivity contribution < 1.29 is 18.8 Å². The molecule has 1 heterocycles. The number of carbonyl (C=O) groups is 2. The second-order valence-corrected chi connectivity index (χ2v) is 12.8. The van der Waals surface area contributed by atoms with E-state index in [1.807, 2.05) is 0 Å². The molecular formula is C15H21Cl2NO4Si. The van der Waals surface area contributed by atoms with Crippen LogP contribution >= 0.6 is 23.2 Å². The minimum Gasteiger partial charge on any atom is -0.376 e. The summed E-state index contributed by atoms with van der Waals surface area (Å²) in [5.41, 5.74) is -1.25. The van der Waals surface area contributed by atoms with Crippen molar-refractivity contribution in [1.82, 2.24) is 5.32 Å². The molecule has 8 heteroatoms. The van der Waals surface area contributed by atoms with Gasteiger partial charge in [-0.3, -0.25) is 9.59 Å². The van der Waals surface area contributed by atoms with E-state index in [2.05, 4.69) is 39.2 Å². The molecule has 0 aromatic heterocycles. The molecule has 0 aromatic rings. The molecule has 2 unspecified atom stereocenters. The van der Waals surface area contributed by atoms with Crippen molar-refractivity contribution in [1.29, 1.82) is 0 Å². The van der Waals surface area contributed by atoms with Gasteiger partial charge < -0.3 is 14.5 Å². The number of ether oxygens (including phenoxy) is 1. The molecule has 1 fully saturated rings. The fourth-order valence-corrected chi connectivity index (χ4v) is 3.55. The average Bonchev–Trinajstić information content (AvgIpc) is 2.39. The fourth-order valence-electron chi connectivity index (χ4n) is 2.06. The normalized spacial score (nSPS) is 29.3. The molecule has 23 heavy (non-hydrogen) atoms. The number of carbonyl (C=O) groups excluding carboxylic acids is 2. The molecule has 1 spiro atoms. The number of rotatable bonds is 2. The van der Waals surface area contributed by atoms with Gasteiger partial charge in [-0.05, 0) is 30.3 Å². The molecule has 2 atom stereocenters. The van der Waals surface area contributed by atoms with Gasteiger partial charge in [0.2, 0.25) is 12.3 Å². The number of hydrogen-bond acceptors (Lipinski definition) is 4. The van der Waals surface area contributed by atoms with E-state index < -0.39 is 26.1 Å². The van der Waals surface area contributed by atoms with E-state index >= 15 is 0 Å². The first-order valence-electron chi connectivity index (χ1n) is 7.32. The molecule has 2 rings (SSSR count). The van der Waals surface area contributed by atoms with Crippen LogP contribution in [0.4, 0.5) is 0 Å². The molecule has 1 saturated heterocycles. The van der Waals surface area contributed by atoms with Crippen LogP contribution in [0.15, 0.2) is 22.2 Å². The summed E-state index contributed by atoms with van der Waals surface area (Å²) in [6.07, 6.45) is 1.76. The van der Waals surface area contributed by atoms with E-state index in [1.165, 1.54) is 12.2 Å². The lowest BCUT2D eigenvalue weighted by Crippen LogP contribution is -2.58. The maximum atomic E-state index is 12.1. The molecule has 1 aliphatic heterocycles. The highest BCUT2D eigenvalue weighted by Crippen LogP contribution is 2.42. The summed E-state index contributed by atoms with van der Waals surface area (Å²) in [5, 5.41) is 2.51. The summed E-state index contributed by atoms with van der Waals surface area (Å²) in [6, 6.07) is 0. The molecular weight excluding hydrogens is 357 g/mol. The maximum absolute atomic E-state index is 12.1. The molecule has 2 aliphatic rings. The Morgan fingerprint density at radius 3 is 2.52 bits per heavy atom. The summed E-state index contributed by atoms with van der Waals surface area (Å²) in [6.45, 7) is 10.4. The van der Waals surface area contributed by atoms with Crippen LogP contribution in [-0.2, 0) is 18.8 Å². The SMILES string of the molecule is CC(C)(C)[Si](C)(C)OC1NC(=O)CC2(C=CC(=O)C(Cl)=C2Cl)O1. The van der Waals surface area contributed by atoms with Crippen molar-refractivity contribution >= 4 is 43.2 Å². The summed E-state index contributed by atoms with van der Waals surface area (Å²) in [4.78, 5) is 23.7. The van der Waals surface area contributed by atoms with Crippen LogP contribution in [0.2, 0.25) is 18.1 Å². The van der Waals surface area contributed by atoms with E-state index in [-0.39, 0.29) is 27.4 Å². The zero-order valence-electron chi connectivity index (χ0n) is 13.8. The molecule has 0 radical (unpaired) electrons. The smallest absolute Gasteiger partial charge is 0.231 e. The molecule has 0 aromatic carbocycles. The van der Waals surface area contributed by atoms with Gasteiger partial charge in [0.25, 0.3) is 0 Å². The van der Waals surface area contributed by atoms with Gasteiger partial charge in [-0.1, -0.05) is 44.0 Å². The lowest BCUT2D eigenvalue weighted by molar-refractivity contribution is -0.191. The van der Waals surface area contributed by atoms with Crippen molar-refractivity contribution in [2.24, 2.45) is 0 Å². The Bertz CT molecular complexity index is 609. The summed E-state index contributed by atoms with van der Waals surface area (Å²) >= 11 is 12.2. The third-order valence-corrected chi connectivity index (χ3v) is 9.91. The minimum atomic E-state index is -2.18. The number of allylic oxidation sites excluding steroid dienone is 2. The molecule has 1 aliphatic carbocycles. The Labute approximate surface area is 147 Å². The number of amides is 1. The maximum Gasteiger partial charge on any atom is 0.231 e. The van der Waals surface area contributed by atoms with E-state index in [9.17, 15) is 9.59 Å². The van der Waals surface area contributed by atoms with Crippen molar-refractivity contribution in [2.45, 2.75) is 57.3 Å². The monoisotopic (exact) mass is 377 g/mol. The Hall–Kier alpha value is -0.663. The predicted octanol–water partition coefficient (Wildman–Crippen LogP) is 3.40. The quantitative estimate of drug-likeness (QED) is 0.748. The highest BCUT2D eigenvalue weighted by atomic mass is 35.5. The topological polar surface area (TPSA) is 64.6 Å². The number of nitrogens with one attached hydrogen (secondary N) is 1. The van der Waals surface area contributed by atoms with Crippen LogP contribution in [0.25, 0.3) is 0 Å². The van der Waals surface area contributed by atoms with Crippen LogP contribution in [-0.4, -0.2) is 32.0 Å². The molecule has 0 bridgehead atoms. The van der Waals surface area contributed by atoms with Crippen molar-refractivity contribution in [3.05, 3.63) is 22.2 Å². The number of halogens is 2. The third kappa shape index (κ3) is 3.56. The molecule has 5 nitrogen and oxygen atoms in total. The zero-order chi connectivity index (χ0) is 17.6. The van der Waals surface area contributed by atoms with E-state index in [4.69, 9.17) is 32.4 Å². The molecule has 1 amide bonds. The van der Waals surface area contributed by atoms with Gasteiger partial charge in [-0.15, -0.1) is 0 Å². The lowest BCUT2D eigenvalue weighted by atomic mass is 9.91. The van der Waals surface area contributed by atoms with Crippen LogP contribution < -0.4 is 5.32 Å². The van der Waals surface area contributed by atoms with Crippen LogP contribution in [0.5, 0.6) is 0 Å². The van der Waals surface area contributed by atoms with Crippen LogP contribution in [0.1, 0.15) is 27.2 Å². The standard InChI is InChI=1S/C15H21Cl2NO4Si/c1-14(2,3)23(4,5)22-13-18-10(20)8-15(21-13)7-6-9(19)11(16)12(15)17/h6-7,13H,8H2,1-5H3,(H,18,20). The second-order valence-electron chi connectivity index (χ2n) is 7.29. The van der Waals surface area contributed by atoms with Gasteiger partial charge in [0.1, 0.15) is 10.6 Å². The first-order valence-corrected chi connectivity index (χ1v) is 11.0. The summed E-state index contributed by atoms with van der Waals surface area (Å²) < 4.78 is 12.0. The first kappa shape index (κ1) is 18.7. The summed E-state index contributed by atoms with van der Waals surface area (Å²) in [5.74, 6) is -0.680. The first-order chi connectivity index (χ1) is 10.4. The molecule has 0 saturated carbocycles. The largest absolute Gasteiger partial charge is 0.376 e. The Morgan fingerprint density at radius 2 is 1.96 bits per heavy atom. The highest BCUT2D eigenvalue weighted by molar-refractivity contribution is 6.74. The molecule has 1 N–H and O–H groups in total. The van der Waals surface area contributed by atoms with E-state index in [0.29, 0.717) is 0 Å². The third-order valence-electron chi connectivity index (χ3n) is 4.51. The summed E-state index contributed by atoms with van der Waals surface area (Å²) in [7, 11) is -2.18. The Balaban J connectivity index is 2.29.